The van der Waals surface area contributed by atoms with Gasteiger partial charge in [0, 0.05) is 18.3 Å². The van der Waals surface area contributed by atoms with Crippen LogP contribution in [0.2, 0.25) is 0 Å². The minimum absolute atomic E-state index is 0.343. The molecule has 0 saturated heterocycles. The van der Waals surface area contributed by atoms with Crippen molar-refractivity contribution in [2.45, 2.75) is 44.5 Å². The van der Waals surface area contributed by atoms with Crippen molar-refractivity contribution in [2.24, 2.45) is 5.92 Å². The highest BCUT2D eigenvalue weighted by Crippen LogP contribution is 2.33. The van der Waals surface area contributed by atoms with Gasteiger partial charge in [-0.25, -0.2) is 4.98 Å². The molecule has 0 radical (unpaired) electrons. The lowest BCUT2D eigenvalue weighted by Gasteiger charge is -2.14. The second-order valence-corrected chi connectivity index (χ2v) is 5.73. The van der Waals surface area contributed by atoms with Crippen LogP contribution in [0.5, 0.6) is 0 Å². The van der Waals surface area contributed by atoms with Gasteiger partial charge in [-0.1, -0.05) is 18.6 Å². The van der Waals surface area contributed by atoms with Crippen molar-refractivity contribution in [2.75, 3.05) is 0 Å². The molecule has 96 valence electrons. The lowest BCUT2D eigenvalue weighted by atomic mass is 10.0. The third kappa shape index (κ3) is 2.03. The maximum Gasteiger partial charge on any atom is 0.110 e. The SMILES string of the molecule is CCn1c(CC2CCCC2Cl)nc2ccccc21. The molecule has 2 aromatic rings. The summed E-state index contributed by atoms with van der Waals surface area (Å²) < 4.78 is 2.33. The monoisotopic (exact) mass is 262 g/mol. The van der Waals surface area contributed by atoms with Crippen LogP contribution < -0.4 is 0 Å². The summed E-state index contributed by atoms with van der Waals surface area (Å²) in [5, 5.41) is 0.343. The number of hydrogen-bond acceptors (Lipinski definition) is 1. The van der Waals surface area contributed by atoms with Crippen molar-refractivity contribution in [1.29, 1.82) is 0 Å². The number of aromatic nitrogens is 2. The number of alkyl halides is 1. The van der Waals surface area contributed by atoms with Crippen LogP contribution in [-0.2, 0) is 13.0 Å². The van der Waals surface area contributed by atoms with E-state index in [1.807, 2.05) is 0 Å². The Morgan fingerprint density at radius 3 is 2.89 bits per heavy atom. The Bertz CT molecular complexity index is 546. The fourth-order valence-electron chi connectivity index (χ4n) is 3.09. The quantitative estimate of drug-likeness (QED) is 0.765. The molecule has 0 spiro atoms. The summed E-state index contributed by atoms with van der Waals surface area (Å²) in [5.41, 5.74) is 2.36. The molecule has 1 aliphatic carbocycles. The van der Waals surface area contributed by atoms with Gasteiger partial charge in [0.1, 0.15) is 5.82 Å². The van der Waals surface area contributed by atoms with Gasteiger partial charge < -0.3 is 4.57 Å². The van der Waals surface area contributed by atoms with Gasteiger partial charge in [0.2, 0.25) is 0 Å². The summed E-state index contributed by atoms with van der Waals surface area (Å²) >= 11 is 6.39. The molecular formula is C15H19ClN2. The first kappa shape index (κ1) is 12.0. The summed E-state index contributed by atoms with van der Waals surface area (Å²) in [6, 6.07) is 8.39. The average molecular weight is 263 g/mol. The fourth-order valence-corrected chi connectivity index (χ4v) is 3.46. The number of hydrogen-bond donors (Lipinski definition) is 0. The standard InChI is InChI=1S/C15H19ClN2/c1-2-18-14-9-4-3-8-13(14)17-15(18)10-11-6-5-7-12(11)16/h3-4,8-9,11-12H,2,5-7,10H2,1H3. The number of halogens is 1. The zero-order valence-electron chi connectivity index (χ0n) is 10.8. The van der Waals surface area contributed by atoms with Crippen LogP contribution in [0.3, 0.4) is 0 Å². The topological polar surface area (TPSA) is 17.8 Å². The lowest BCUT2D eigenvalue weighted by molar-refractivity contribution is 0.521. The van der Waals surface area contributed by atoms with E-state index >= 15 is 0 Å². The van der Waals surface area contributed by atoms with Gasteiger partial charge in [-0.3, -0.25) is 0 Å². The molecule has 0 amide bonds. The largest absolute Gasteiger partial charge is 0.328 e. The predicted molar refractivity (Wildman–Crippen MR) is 76.1 cm³/mol. The van der Waals surface area contributed by atoms with Gasteiger partial charge >= 0.3 is 0 Å². The molecule has 1 aromatic heterocycles. The number of rotatable bonds is 3. The molecular weight excluding hydrogens is 244 g/mol. The molecule has 3 rings (SSSR count). The van der Waals surface area contributed by atoms with E-state index in [4.69, 9.17) is 16.6 Å². The van der Waals surface area contributed by atoms with E-state index in [0.29, 0.717) is 11.3 Å². The van der Waals surface area contributed by atoms with E-state index in [2.05, 4.69) is 35.8 Å². The van der Waals surface area contributed by atoms with Gasteiger partial charge in [-0.05, 0) is 37.8 Å². The minimum atomic E-state index is 0.343. The van der Waals surface area contributed by atoms with Crippen molar-refractivity contribution < 1.29 is 0 Å². The van der Waals surface area contributed by atoms with Crippen LogP contribution in [0.25, 0.3) is 11.0 Å². The maximum absolute atomic E-state index is 6.39. The molecule has 1 heterocycles. The highest BCUT2D eigenvalue weighted by Gasteiger charge is 2.27. The number of aryl methyl sites for hydroxylation is 1. The second kappa shape index (κ2) is 4.93. The Morgan fingerprint density at radius 2 is 2.17 bits per heavy atom. The molecule has 2 unspecified atom stereocenters. The molecule has 0 bridgehead atoms. The number of fused-ring (bicyclic) bond motifs is 1. The third-order valence-corrected chi connectivity index (χ3v) is 4.64. The number of benzene rings is 1. The first-order valence-corrected chi connectivity index (χ1v) is 7.31. The summed E-state index contributed by atoms with van der Waals surface area (Å²) in [5.74, 6) is 1.81. The molecule has 18 heavy (non-hydrogen) atoms. The smallest absolute Gasteiger partial charge is 0.110 e. The maximum atomic E-state index is 6.39. The molecule has 1 fully saturated rings. The molecule has 2 atom stereocenters. The fraction of sp³-hybridized carbons (Fsp3) is 0.533. The van der Waals surface area contributed by atoms with E-state index in [1.165, 1.54) is 30.6 Å². The van der Waals surface area contributed by atoms with E-state index in [1.54, 1.807) is 0 Å². The normalized spacial score (nSPS) is 23.9. The van der Waals surface area contributed by atoms with Crippen LogP contribution in [0.1, 0.15) is 32.0 Å². The van der Waals surface area contributed by atoms with Gasteiger partial charge in [-0.2, -0.15) is 0 Å². The summed E-state index contributed by atoms with van der Waals surface area (Å²) in [4.78, 5) is 4.79. The Morgan fingerprint density at radius 1 is 1.33 bits per heavy atom. The highest BCUT2D eigenvalue weighted by atomic mass is 35.5. The predicted octanol–water partition coefficient (Wildman–Crippen LogP) is 4.01. The second-order valence-electron chi connectivity index (χ2n) is 5.17. The Balaban J connectivity index is 1.95. The van der Waals surface area contributed by atoms with Crippen LogP contribution in [0, 0.1) is 5.92 Å². The van der Waals surface area contributed by atoms with Crippen molar-refractivity contribution >= 4 is 22.6 Å². The average Bonchev–Trinajstić information content (AvgIpc) is 2.93. The Kier molecular flexibility index (Phi) is 3.29. The zero-order valence-corrected chi connectivity index (χ0v) is 11.5. The number of para-hydroxylation sites is 2. The Labute approximate surface area is 113 Å². The molecule has 3 heteroatoms. The van der Waals surface area contributed by atoms with Crippen LogP contribution in [-0.4, -0.2) is 14.9 Å². The third-order valence-electron chi connectivity index (χ3n) is 4.06. The van der Waals surface area contributed by atoms with E-state index < -0.39 is 0 Å². The molecule has 0 N–H and O–H groups in total. The van der Waals surface area contributed by atoms with Gasteiger partial charge in [-0.15, -0.1) is 11.6 Å². The van der Waals surface area contributed by atoms with Crippen LogP contribution in [0.15, 0.2) is 24.3 Å². The van der Waals surface area contributed by atoms with Crippen molar-refractivity contribution in [3.05, 3.63) is 30.1 Å². The van der Waals surface area contributed by atoms with E-state index in [-0.39, 0.29) is 0 Å². The first-order chi connectivity index (χ1) is 8.79. The van der Waals surface area contributed by atoms with Gasteiger partial charge in [0.25, 0.3) is 0 Å². The zero-order chi connectivity index (χ0) is 12.5. The Hall–Kier alpha value is -1.02. The lowest BCUT2D eigenvalue weighted by Crippen LogP contribution is -2.14. The van der Waals surface area contributed by atoms with Crippen LogP contribution in [0.4, 0.5) is 0 Å². The number of nitrogens with zero attached hydrogens (tertiary/aromatic N) is 2. The summed E-state index contributed by atoms with van der Waals surface area (Å²) in [6.45, 7) is 3.17. The molecule has 1 saturated carbocycles. The molecule has 1 aliphatic rings. The van der Waals surface area contributed by atoms with Crippen molar-refractivity contribution in [3.63, 3.8) is 0 Å². The van der Waals surface area contributed by atoms with Crippen LogP contribution >= 0.6 is 11.6 Å². The van der Waals surface area contributed by atoms with Gasteiger partial charge in [0.05, 0.1) is 11.0 Å². The molecule has 1 aromatic carbocycles. The highest BCUT2D eigenvalue weighted by molar-refractivity contribution is 6.20. The van der Waals surface area contributed by atoms with E-state index in [9.17, 15) is 0 Å². The van der Waals surface area contributed by atoms with Crippen molar-refractivity contribution in [1.82, 2.24) is 9.55 Å². The molecule has 2 nitrogen and oxygen atoms in total. The summed E-state index contributed by atoms with van der Waals surface area (Å²) in [7, 11) is 0. The first-order valence-electron chi connectivity index (χ1n) is 6.87. The minimum Gasteiger partial charge on any atom is -0.328 e. The van der Waals surface area contributed by atoms with Gasteiger partial charge in [0.15, 0.2) is 0 Å². The van der Waals surface area contributed by atoms with Crippen molar-refractivity contribution in [3.8, 4) is 0 Å². The summed E-state index contributed by atoms with van der Waals surface area (Å²) in [6.07, 6.45) is 4.71. The molecule has 0 aliphatic heterocycles. The number of imidazole rings is 1. The van der Waals surface area contributed by atoms with E-state index in [0.717, 1.165) is 18.5 Å².